The van der Waals surface area contributed by atoms with E-state index in [0.717, 1.165) is 17.7 Å². The Balaban J connectivity index is 3.18. The van der Waals surface area contributed by atoms with Crippen LogP contribution in [0, 0.1) is 6.92 Å². The number of nitrogens with zero attached hydrogens (tertiary/aromatic N) is 1. The number of aryl methyl sites for hydroxylation is 2. The molecule has 72 valence electrons. The van der Waals surface area contributed by atoms with Gasteiger partial charge in [-0.25, -0.2) is 4.98 Å². The Hall–Kier alpha value is -1.09. The highest BCUT2D eigenvalue weighted by Crippen LogP contribution is 2.18. The third kappa shape index (κ3) is 1.98. The fraction of sp³-hybridized carbons (Fsp3) is 0.500. The SMILES string of the molecule is CCc1nc(OC)c(CN)cc1C. The van der Waals surface area contributed by atoms with Crippen molar-refractivity contribution in [3.63, 3.8) is 0 Å². The largest absolute Gasteiger partial charge is 0.481 e. The highest BCUT2D eigenvalue weighted by Gasteiger charge is 2.06. The summed E-state index contributed by atoms with van der Waals surface area (Å²) in [6.45, 7) is 4.60. The van der Waals surface area contributed by atoms with Crippen LogP contribution in [-0.2, 0) is 13.0 Å². The van der Waals surface area contributed by atoms with Crippen molar-refractivity contribution in [2.24, 2.45) is 5.73 Å². The summed E-state index contributed by atoms with van der Waals surface area (Å²) in [4.78, 5) is 4.38. The molecule has 0 aromatic carbocycles. The van der Waals surface area contributed by atoms with Crippen molar-refractivity contribution < 1.29 is 4.74 Å². The number of rotatable bonds is 3. The molecule has 0 saturated carbocycles. The van der Waals surface area contributed by atoms with Crippen LogP contribution in [0.25, 0.3) is 0 Å². The number of ether oxygens (including phenoxy) is 1. The van der Waals surface area contributed by atoms with E-state index < -0.39 is 0 Å². The maximum Gasteiger partial charge on any atom is 0.217 e. The van der Waals surface area contributed by atoms with Crippen molar-refractivity contribution in [1.82, 2.24) is 4.98 Å². The third-order valence-electron chi connectivity index (χ3n) is 2.11. The lowest BCUT2D eigenvalue weighted by atomic mass is 10.1. The summed E-state index contributed by atoms with van der Waals surface area (Å²) in [5.74, 6) is 0.657. The van der Waals surface area contributed by atoms with E-state index in [1.54, 1.807) is 7.11 Å². The molecular weight excluding hydrogens is 164 g/mol. The molecule has 0 amide bonds. The standard InChI is InChI=1S/C10H16N2O/c1-4-9-7(2)5-8(6-11)10(12-9)13-3/h5H,4,6,11H2,1-3H3. The van der Waals surface area contributed by atoms with Gasteiger partial charge in [-0.2, -0.15) is 0 Å². The number of nitrogens with two attached hydrogens (primary N) is 1. The van der Waals surface area contributed by atoms with Crippen LogP contribution < -0.4 is 10.5 Å². The van der Waals surface area contributed by atoms with Crippen LogP contribution in [0.1, 0.15) is 23.7 Å². The molecule has 3 nitrogen and oxygen atoms in total. The summed E-state index contributed by atoms with van der Waals surface area (Å²) < 4.78 is 5.14. The predicted octanol–water partition coefficient (Wildman–Crippen LogP) is 1.42. The Kier molecular flexibility index (Phi) is 3.25. The van der Waals surface area contributed by atoms with Crippen molar-refractivity contribution in [1.29, 1.82) is 0 Å². The number of pyridine rings is 1. The average Bonchev–Trinajstić information content (AvgIpc) is 2.17. The molecule has 0 spiro atoms. The van der Waals surface area contributed by atoms with Crippen LogP contribution in [0.15, 0.2) is 6.07 Å². The maximum atomic E-state index is 5.57. The van der Waals surface area contributed by atoms with E-state index in [0.29, 0.717) is 12.4 Å². The van der Waals surface area contributed by atoms with E-state index in [2.05, 4.69) is 11.9 Å². The van der Waals surface area contributed by atoms with Gasteiger partial charge in [-0.05, 0) is 25.0 Å². The van der Waals surface area contributed by atoms with Gasteiger partial charge in [0.2, 0.25) is 5.88 Å². The Labute approximate surface area is 78.9 Å². The van der Waals surface area contributed by atoms with Crippen molar-refractivity contribution in [3.05, 3.63) is 22.9 Å². The number of hydrogen-bond donors (Lipinski definition) is 1. The lowest BCUT2D eigenvalue weighted by molar-refractivity contribution is 0.391. The van der Waals surface area contributed by atoms with Gasteiger partial charge >= 0.3 is 0 Å². The molecule has 3 heteroatoms. The van der Waals surface area contributed by atoms with Crippen molar-refractivity contribution in [2.45, 2.75) is 26.8 Å². The second-order valence-electron chi connectivity index (χ2n) is 2.98. The topological polar surface area (TPSA) is 48.1 Å². The fourth-order valence-corrected chi connectivity index (χ4v) is 1.37. The number of hydrogen-bond acceptors (Lipinski definition) is 3. The van der Waals surface area contributed by atoms with Gasteiger partial charge in [0.15, 0.2) is 0 Å². The summed E-state index contributed by atoms with van der Waals surface area (Å²) in [7, 11) is 1.62. The Morgan fingerprint density at radius 3 is 2.69 bits per heavy atom. The maximum absolute atomic E-state index is 5.57. The molecule has 0 saturated heterocycles. The van der Waals surface area contributed by atoms with Gasteiger partial charge in [0.25, 0.3) is 0 Å². The quantitative estimate of drug-likeness (QED) is 0.765. The van der Waals surface area contributed by atoms with Gasteiger partial charge < -0.3 is 10.5 Å². The first-order valence-corrected chi connectivity index (χ1v) is 4.46. The lowest BCUT2D eigenvalue weighted by Gasteiger charge is -2.09. The first-order chi connectivity index (χ1) is 6.22. The molecule has 0 aliphatic carbocycles. The summed E-state index contributed by atoms with van der Waals surface area (Å²) in [6, 6.07) is 2.05. The molecule has 2 N–H and O–H groups in total. The molecular formula is C10H16N2O. The smallest absolute Gasteiger partial charge is 0.217 e. The second kappa shape index (κ2) is 4.23. The zero-order valence-corrected chi connectivity index (χ0v) is 8.42. The molecule has 0 atom stereocenters. The minimum absolute atomic E-state index is 0.473. The summed E-state index contributed by atoms with van der Waals surface area (Å²) in [5, 5.41) is 0. The van der Waals surface area contributed by atoms with Gasteiger partial charge in [-0.15, -0.1) is 0 Å². The normalized spacial score (nSPS) is 10.2. The van der Waals surface area contributed by atoms with E-state index >= 15 is 0 Å². The monoisotopic (exact) mass is 180 g/mol. The van der Waals surface area contributed by atoms with E-state index in [4.69, 9.17) is 10.5 Å². The zero-order valence-electron chi connectivity index (χ0n) is 8.42. The molecule has 1 heterocycles. The molecule has 0 bridgehead atoms. The van der Waals surface area contributed by atoms with Crippen LogP contribution in [0.5, 0.6) is 5.88 Å². The average molecular weight is 180 g/mol. The predicted molar refractivity (Wildman–Crippen MR) is 52.8 cm³/mol. The first-order valence-electron chi connectivity index (χ1n) is 4.46. The Morgan fingerprint density at radius 2 is 2.23 bits per heavy atom. The molecule has 0 aliphatic rings. The Bertz CT molecular complexity index is 297. The second-order valence-corrected chi connectivity index (χ2v) is 2.98. The van der Waals surface area contributed by atoms with Gasteiger partial charge in [0.1, 0.15) is 0 Å². The summed E-state index contributed by atoms with van der Waals surface area (Å²) in [6.07, 6.45) is 0.924. The molecule has 1 aromatic rings. The lowest BCUT2D eigenvalue weighted by Crippen LogP contribution is -2.05. The first kappa shape index (κ1) is 9.99. The number of aromatic nitrogens is 1. The highest BCUT2D eigenvalue weighted by atomic mass is 16.5. The molecule has 1 aromatic heterocycles. The molecule has 0 fully saturated rings. The van der Waals surface area contributed by atoms with Crippen LogP contribution in [0.3, 0.4) is 0 Å². The molecule has 0 unspecified atom stereocenters. The van der Waals surface area contributed by atoms with Crippen LogP contribution in [0.2, 0.25) is 0 Å². The molecule has 0 radical (unpaired) electrons. The fourth-order valence-electron chi connectivity index (χ4n) is 1.37. The van der Waals surface area contributed by atoms with E-state index in [1.165, 1.54) is 5.56 Å². The van der Waals surface area contributed by atoms with Crippen molar-refractivity contribution in [2.75, 3.05) is 7.11 Å². The van der Waals surface area contributed by atoms with Crippen LogP contribution in [0.4, 0.5) is 0 Å². The van der Waals surface area contributed by atoms with Gasteiger partial charge in [-0.3, -0.25) is 0 Å². The van der Waals surface area contributed by atoms with Gasteiger partial charge in [0.05, 0.1) is 7.11 Å². The number of methoxy groups -OCH3 is 1. The van der Waals surface area contributed by atoms with Gasteiger partial charge in [0, 0.05) is 17.8 Å². The Morgan fingerprint density at radius 1 is 1.54 bits per heavy atom. The van der Waals surface area contributed by atoms with E-state index in [9.17, 15) is 0 Å². The van der Waals surface area contributed by atoms with Gasteiger partial charge in [-0.1, -0.05) is 6.92 Å². The summed E-state index contributed by atoms with van der Waals surface area (Å²) >= 11 is 0. The third-order valence-corrected chi connectivity index (χ3v) is 2.11. The van der Waals surface area contributed by atoms with Crippen molar-refractivity contribution in [3.8, 4) is 5.88 Å². The minimum Gasteiger partial charge on any atom is -0.481 e. The molecule has 13 heavy (non-hydrogen) atoms. The van der Waals surface area contributed by atoms with E-state index in [1.807, 2.05) is 13.0 Å². The molecule has 1 rings (SSSR count). The highest BCUT2D eigenvalue weighted by molar-refractivity contribution is 5.33. The summed E-state index contributed by atoms with van der Waals surface area (Å²) in [5.41, 5.74) is 8.80. The van der Waals surface area contributed by atoms with Crippen LogP contribution >= 0.6 is 0 Å². The zero-order chi connectivity index (χ0) is 9.84. The van der Waals surface area contributed by atoms with E-state index in [-0.39, 0.29) is 0 Å². The van der Waals surface area contributed by atoms with Crippen LogP contribution in [-0.4, -0.2) is 12.1 Å². The molecule has 0 aliphatic heterocycles. The minimum atomic E-state index is 0.473. The van der Waals surface area contributed by atoms with Crippen molar-refractivity contribution >= 4 is 0 Å².